The summed E-state index contributed by atoms with van der Waals surface area (Å²) in [4.78, 5) is 24.9. The Morgan fingerprint density at radius 3 is 2.00 bits per heavy atom. The van der Waals surface area contributed by atoms with Crippen LogP contribution in [0.3, 0.4) is 0 Å². The molecule has 0 amide bonds. The van der Waals surface area contributed by atoms with E-state index in [1.54, 1.807) is 24.3 Å². The second kappa shape index (κ2) is 6.85. The Balaban J connectivity index is 2.10. The molecule has 0 N–H and O–H groups in total. The molecule has 0 atom stereocenters. The summed E-state index contributed by atoms with van der Waals surface area (Å²) in [5, 5.41) is 0. The molecule has 0 saturated carbocycles. The van der Waals surface area contributed by atoms with E-state index in [1.807, 2.05) is 6.07 Å². The predicted octanol–water partition coefficient (Wildman–Crippen LogP) is 2.98. The number of carbonyl (C=O) groups excluding carboxylic acids is 2. The third kappa shape index (κ3) is 2.76. The van der Waals surface area contributed by atoms with Crippen molar-refractivity contribution < 1.29 is 23.5 Å². The number of hydrogen-bond acceptors (Lipinski definition) is 4. The zero-order chi connectivity index (χ0) is 18.7. The first-order chi connectivity index (χ1) is 12.6. The highest BCUT2D eigenvalue weighted by Crippen LogP contribution is 2.59. The molecule has 0 unspecified atom stereocenters. The van der Waals surface area contributed by atoms with Gasteiger partial charge in [-0.15, -0.1) is 0 Å². The third-order valence-corrected chi connectivity index (χ3v) is 4.16. The Kier molecular flexibility index (Phi) is 4.59. The summed E-state index contributed by atoms with van der Waals surface area (Å²) in [6, 6.07) is 14.6. The van der Waals surface area contributed by atoms with Crippen LogP contribution in [0.2, 0.25) is 0 Å². The van der Waals surface area contributed by atoms with Gasteiger partial charge in [-0.05, 0) is 29.8 Å². The first-order valence-electron chi connectivity index (χ1n) is 7.80. The molecular formula is C21H15FO4. The standard InChI is InChI=1S/C21H15FO4/c1-25-19(23)21(20(24)26-2)17(18(21)15-6-4-3-5-7-15)13-10-14-8-11-16(22)12-9-14/h3-9,11-12H,1-2H3. The topological polar surface area (TPSA) is 52.6 Å². The summed E-state index contributed by atoms with van der Waals surface area (Å²) in [5.41, 5.74) is 0.379. The molecule has 5 heteroatoms. The highest BCUT2D eigenvalue weighted by molar-refractivity contribution is 6.27. The number of rotatable bonds is 3. The van der Waals surface area contributed by atoms with Crippen LogP contribution in [0.1, 0.15) is 11.1 Å². The average Bonchev–Trinajstić information content (AvgIpc) is 3.36. The summed E-state index contributed by atoms with van der Waals surface area (Å²) in [5.74, 6) is 3.87. The van der Waals surface area contributed by atoms with E-state index in [0.717, 1.165) is 0 Å². The van der Waals surface area contributed by atoms with Gasteiger partial charge in [0.05, 0.1) is 14.2 Å². The molecule has 0 fully saturated rings. The van der Waals surface area contributed by atoms with Gasteiger partial charge in [0.25, 0.3) is 0 Å². The molecular weight excluding hydrogens is 335 g/mol. The van der Waals surface area contributed by atoms with Crippen LogP contribution in [0.15, 0.2) is 60.2 Å². The molecule has 1 aliphatic rings. The van der Waals surface area contributed by atoms with E-state index >= 15 is 0 Å². The van der Waals surface area contributed by atoms with Crippen LogP contribution in [0, 0.1) is 23.1 Å². The molecule has 130 valence electrons. The lowest BCUT2D eigenvalue weighted by molar-refractivity contribution is -0.159. The van der Waals surface area contributed by atoms with Crippen molar-refractivity contribution in [3.05, 3.63) is 77.1 Å². The molecule has 0 saturated heterocycles. The van der Waals surface area contributed by atoms with Crippen LogP contribution >= 0.6 is 0 Å². The largest absolute Gasteiger partial charge is 0.468 e. The van der Waals surface area contributed by atoms with Crippen molar-refractivity contribution >= 4 is 17.5 Å². The molecule has 3 rings (SSSR count). The molecule has 4 nitrogen and oxygen atoms in total. The van der Waals surface area contributed by atoms with Crippen molar-refractivity contribution in [1.29, 1.82) is 0 Å². The number of esters is 2. The first kappa shape index (κ1) is 17.4. The molecule has 0 spiro atoms. The van der Waals surface area contributed by atoms with Crippen LogP contribution in [0.4, 0.5) is 4.39 Å². The zero-order valence-corrected chi connectivity index (χ0v) is 14.2. The Labute approximate surface area is 150 Å². The zero-order valence-electron chi connectivity index (χ0n) is 14.2. The van der Waals surface area contributed by atoms with E-state index in [1.165, 1.54) is 38.5 Å². The lowest BCUT2D eigenvalue weighted by Gasteiger charge is -2.14. The highest BCUT2D eigenvalue weighted by atomic mass is 19.1. The Bertz CT molecular complexity index is 931. The van der Waals surface area contributed by atoms with Gasteiger partial charge in [0, 0.05) is 16.7 Å². The predicted molar refractivity (Wildman–Crippen MR) is 93.1 cm³/mol. The van der Waals surface area contributed by atoms with Crippen molar-refractivity contribution in [2.24, 2.45) is 5.41 Å². The van der Waals surface area contributed by atoms with E-state index in [4.69, 9.17) is 9.47 Å². The van der Waals surface area contributed by atoms with Crippen LogP contribution in [0.25, 0.3) is 5.57 Å². The van der Waals surface area contributed by atoms with Crippen LogP contribution in [-0.2, 0) is 19.1 Å². The third-order valence-electron chi connectivity index (χ3n) is 4.16. The van der Waals surface area contributed by atoms with Gasteiger partial charge in [-0.2, -0.15) is 0 Å². The second-order valence-corrected chi connectivity index (χ2v) is 5.61. The van der Waals surface area contributed by atoms with E-state index < -0.39 is 17.4 Å². The number of ether oxygens (including phenoxy) is 2. The van der Waals surface area contributed by atoms with Crippen molar-refractivity contribution in [2.75, 3.05) is 14.2 Å². The first-order valence-corrected chi connectivity index (χ1v) is 7.80. The van der Waals surface area contributed by atoms with Crippen LogP contribution < -0.4 is 0 Å². The summed E-state index contributed by atoms with van der Waals surface area (Å²) >= 11 is 0. The molecule has 0 bridgehead atoms. The van der Waals surface area contributed by atoms with E-state index in [-0.39, 0.29) is 5.82 Å². The van der Waals surface area contributed by atoms with Gasteiger partial charge in [0.1, 0.15) is 5.82 Å². The maximum absolute atomic E-state index is 13.0. The smallest absolute Gasteiger partial charge is 0.333 e. The minimum atomic E-state index is -1.65. The number of hydrogen-bond donors (Lipinski definition) is 0. The molecule has 26 heavy (non-hydrogen) atoms. The molecule has 0 aliphatic heterocycles. The van der Waals surface area contributed by atoms with Gasteiger partial charge in [-0.25, -0.2) is 4.39 Å². The average molecular weight is 350 g/mol. The van der Waals surface area contributed by atoms with Gasteiger partial charge in [0.15, 0.2) is 0 Å². The maximum atomic E-state index is 13.0. The number of benzene rings is 2. The minimum absolute atomic E-state index is 0.326. The quantitative estimate of drug-likeness (QED) is 0.485. The Morgan fingerprint density at radius 1 is 0.885 bits per heavy atom. The van der Waals surface area contributed by atoms with Gasteiger partial charge < -0.3 is 9.47 Å². The SMILES string of the molecule is COC(=O)C1(C(=O)OC)C(C#Cc2ccc(F)cc2)=C1c1ccccc1. The monoisotopic (exact) mass is 350 g/mol. The number of carbonyl (C=O) groups is 2. The molecule has 0 aromatic heterocycles. The molecule has 0 radical (unpaired) electrons. The van der Waals surface area contributed by atoms with Crippen molar-refractivity contribution in [2.45, 2.75) is 0 Å². The van der Waals surface area contributed by atoms with Crippen molar-refractivity contribution in [3.8, 4) is 11.8 Å². The van der Waals surface area contributed by atoms with Crippen LogP contribution in [-0.4, -0.2) is 26.2 Å². The lowest BCUT2D eigenvalue weighted by atomic mass is 9.94. The van der Waals surface area contributed by atoms with Gasteiger partial charge in [0.2, 0.25) is 5.41 Å². The normalized spacial score (nSPS) is 14.1. The summed E-state index contributed by atoms with van der Waals surface area (Å²) in [7, 11) is 2.41. The Morgan fingerprint density at radius 2 is 1.46 bits per heavy atom. The minimum Gasteiger partial charge on any atom is -0.468 e. The second-order valence-electron chi connectivity index (χ2n) is 5.61. The number of halogens is 1. The molecule has 2 aromatic rings. The summed E-state index contributed by atoms with van der Waals surface area (Å²) < 4.78 is 22.7. The summed E-state index contributed by atoms with van der Waals surface area (Å²) in [6.07, 6.45) is 0. The molecule has 1 aliphatic carbocycles. The fourth-order valence-corrected chi connectivity index (χ4v) is 2.87. The van der Waals surface area contributed by atoms with Gasteiger partial charge in [-0.1, -0.05) is 42.2 Å². The molecule has 0 heterocycles. The highest BCUT2D eigenvalue weighted by Gasteiger charge is 2.67. The van der Waals surface area contributed by atoms with Crippen molar-refractivity contribution in [1.82, 2.24) is 0 Å². The summed E-state index contributed by atoms with van der Waals surface area (Å²) in [6.45, 7) is 0. The van der Waals surface area contributed by atoms with E-state index in [9.17, 15) is 14.0 Å². The molecule has 2 aromatic carbocycles. The van der Waals surface area contributed by atoms with E-state index in [2.05, 4.69) is 11.8 Å². The fraction of sp³-hybridized carbons (Fsp3) is 0.143. The maximum Gasteiger partial charge on any atom is 0.333 e. The van der Waals surface area contributed by atoms with Crippen LogP contribution in [0.5, 0.6) is 0 Å². The van der Waals surface area contributed by atoms with Gasteiger partial charge >= 0.3 is 11.9 Å². The fourth-order valence-electron chi connectivity index (χ4n) is 2.87. The Hall–Kier alpha value is -3.39. The van der Waals surface area contributed by atoms with Gasteiger partial charge in [-0.3, -0.25) is 9.59 Å². The van der Waals surface area contributed by atoms with Crippen molar-refractivity contribution in [3.63, 3.8) is 0 Å². The number of methoxy groups -OCH3 is 2. The lowest BCUT2D eigenvalue weighted by Crippen LogP contribution is -2.32. The van der Waals surface area contributed by atoms with E-state index in [0.29, 0.717) is 22.3 Å².